The Bertz CT molecular complexity index is 404. The Morgan fingerprint density at radius 2 is 1.67 bits per heavy atom. The highest BCUT2D eigenvalue weighted by atomic mass is 35.5. The van der Waals surface area contributed by atoms with Crippen LogP contribution in [0.4, 0.5) is 5.69 Å². The Labute approximate surface area is 97.6 Å². The average molecular weight is 246 g/mol. The quantitative estimate of drug-likeness (QED) is 0.763. The molecule has 5 heteroatoms. The van der Waals surface area contributed by atoms with Crippen LogP contribution in [-0.2, 0) is 9.59 Å². The van der Waals surface area contributed by atoms with Crippen LogP contribution in [0.3, 0.4) is 0 Å². The van der Waals surface area contributed by atoms with Crippen LogP contribution >= 0.6 is 23.2 Å². The van der Waals surface area contributed by atoms with E-state index in [4.69, 9.17) is 23.2 Å². The summed E-state index contributed by atoms with van der Waals surface area (Å²) in [5.41, 5.74) is 0.348. The first kappa shape index (κ1) is 12.0. The fourth-order valence-electron chi connectivity index (χ4n) is 1.22. The molecule has 0 fully saturated rings. The van der Waals surface area contributed by atoms with Crippen LogP contribution in [0, 0.1) is 0 Å². The zero-order valence-corrected chi connectivity index (χ0v) is 9.76. The molecule has 0 unspecified atom stereocenters. The largest absolute Gasteiger partial charge is 0.274 e. The summed E-state index contributed by atoms with van der Waals surface area (Å²) in [6.07, 6.45) is 0. The number of anilines is 1. The van der Waals surface area contributed by atoms with Crippen molar-refractivity contribution in [3.63, 3.8) is 0 Å². The molecule has 0 N–H and O–H groups in total. The lowest BCUT2D eigenvalue weighted by Gasteiger charge is -2.18. The van der Waals surface area contributed by atoms with Gasteiger partial charge in [0, 0.05) is 18.9 Å². The molecule has 0 saturated heterocycles. The van der Waals surface area contributed by atoms with Gasteiger partial charge in [-0.05, 0) is 18.2 Å². The second-order valence-corrected chi connectivity index (χ2v) is 3.81. The van der Waals surface area contributed by atoms with E-state index in [9.17, 15) is 9.59 Å². The van der Waals surface area contributed by atoms with Gasteiger partial charge >= 0.3 is 0 Å². The van der Waals surface area contributed by atoms with Gasteiger partial charge < -0.3 is 0 Å². The van der Waals surface area contributed by atoms with Gasteiger partial charge in [-0.1, -0.05) is 23.2 Å². The van der Waals surface area contributed by atoms with Gasteiger partial charge in [0.05, 0.1) is 10.7 Å². The summed E-state index contributed by atoms with van der Waals surface area (Å²) in [4.78, 5) is 23.5. The van der Waals surface area contributed by atoms with Crippen molar-refractivity contribution in [1.82, 2.24) is 0 Å². The molecule has 0 heterocycles. The number of rotatable bonds is 1. The molecule has 15 heavy (non-hydrogen) atoms. The van der Waals surface area contributed by atoms with Crippen LogP contribution in [0.1, 0.15) is 13.8 Å². The third-order valence-electron chi connectivity index (χ3n) is 1.78. The van der Waals surface area contributed by atoms with Crippen LogP contribution in [0.15, 0.2) is 18.2 Å². The van der Waals surface area contributed by atoms with E-state index in [0.29, 0.717) is 10.7 Å². The lowest BCUT2D eigenvalue weighted by atomic mass is 10.3. The minimum atomic E-state index is -0.383. The fourth-order valence-corrected chi connectivity index (χ4v) is 1.72. The first-order chi connectivity index (χ1) is 6.93. The molecule has 1 aromatic rings. The van der Waals surface area contributed by atoms with Crippen molar-refractivity contribution in [2.24, 2.45) is 0 Å². The van der Waals surface area contributed by atoms with Gasteiger partial charge in [0.2, 0.25) is 11.8 Å². The molecular formula is C10H9Cl2NO2. The second-order valence-electron chi connectivity index (χ2n) is 2.97. The van der Waals surface area contributed by atoms with E-state index >= 15 is 0 Å². The Hall–Kier alpha value is -1.06. The van der Waals surface area contributed by atoms with E-state index < -0.39 is 0 Å². The van der Waals surface area contributed by atoms with Crippen molar-refractivity contribution >= 4 is 40.7 Å². The maximum absolute atomic E-state index is 11.2. The molecule has 80 valence electrons. The van der Waals surface area contributed by atoms with Gasteiger partial charge in [-0.15, -0.1) is 0 Å². The number of hydrogen-bond acceptors (Lipinski definition) is 2. The van der Waals surface area contributed by atoms with Crippen molar-refractivity contribution in [2.75, 3.05) is 4.90 Å². The highest BCUT2D eigenvalue weighted by Crippen LogP contribution is 2.28. The standard InChI is InChI=1S/C10H9Cl2NO2/c1-6(14)13(7(2)15)10-4-3-8(11)5-9(10)12/h3-5H,1-2H3. The molecular weight excluding hydrogens is 237 g/mol. The molecule has 0 aliphatic rings. The highest BCUT2D eigenvalue weighted by Gasteiger charge is 2.18. The topological polar surface area (TPSA) is 37.4 Å². The van der Waals surface area contributed by atoms with E-state index in [2.05, 4.69) is 0 Å². The van der Waals surface area contributed by atoms with Crippen LogP contribution in [0.5, 0.6) is 0 Å². The van der Waals surface area contributed by atoms with Gasteiger partial charge in [-0.2, -0.15) is 0 Å². The molecule has 2 amide bonds. The lowest BCUT2D eigenvalue weighted by molar-refractivity contribution is -0.124. The van der Waals surface area contributed by atoms with Gasteiger partial charge in [-0.3, -0.25) is 9.59 Å². The third kappa shape index (κ3) is 2.70. The monoisotopic (exact) mass is 245 g/mol. The van der Waals surface area contributed by atoms with Crippen LogP contribution in [-0.4, -0.2) is 11.8 Å². The number of halogens is 2. The Kier molecular flexibility index (Phi) is 3.72. The Morgan fingerprint density at radius 3 is 2.07 bits per heavy atom. The lowest BCUT2D eigenvalue weighted by Crippen LogP contribution is -2.33. The third-order valence-corrected chi connectivity index (χ3v) is 2.32. The summed E-state index contributed by atoms with van der Waals surface area (Å²) in [6.45, 7) is 2.60. The first-order valence-corrected chi connectivity index (χ1v) is 4.95. The van der Waals surface area contributed by atoms with Crippen molar-refractivity contribution < 1.29 is 9.59 Å². The minimum absolute atomic E-state index is 0.271. The predicted octanol–water partition coefficient (Wildman–Crippen LogP) is 2.89. The molecule has 3 nitrogen and oxygen atoms in total. The fraction of sp³-hybridized carbons (Fsp3) is 0.200. The number of carbonyl (C=O) groups is 2. The number of nitrogens with zero attached hydrogens (tertiary/aromatic N) is 1. The first-order valence-electron chi connectivity index (χ1n) is 4.20. The smallest absolute Gasteiger partial charge is 0.230 e. The van der Waals surface area contributed by atoms with Crippen LogP contribution in [0.2, 0.25) is 10.0 Å². The Balaban J connectivity index is 3.23. The Morgan fingerprint density at radius 1 is 1.13 bits per heavy atom. The summed E-state index contributed by atoms with van der Waals surface area (Å²) in [5, 5.41) is 0.726. The average Bonchev–Trinajstić information content (AvgIpc) is 2.08. The SMILES string of the molecule is CC(=O)N(C(C)=O)c1ccc(Cl)cc1Cl. The van der Waals surface area contributed by atoms with Crippen LogP contribution < -0.4 is 4.90 Å². The van der Waals surface area contributed by atoms with Gasteiger partial charge in [0.1, 0.15) is 0 Å². The maximum atomic E-state index is 11.2. The van der Waals surface area contributed by atoms with Crippen molar-refractivity contribution in [3.8, 4) is 0 Å². The second kappa shape index (κ2) is 4.64. The van der Waals surface area contributed by atoms with E-state index in [1.54, 1.807) is 6.07 Å². The summed E-state index contributed by atoms with van der Waals surface area (Å²) < 4.78 is 0. The van der Waals surface area contributed by atoms with Crippen molar-refractivity contribution in [2.45, 2.75) is 13.8 Å². The summed E-state index contributed by atoms with van der Waals surface area (Å²) in [6, 6.07) is 4.59. The summed E-state index contributed by atoms with van der Waals surface area (Å²) in [7, 11) is 0. The molecule has 0 atom stereocenters. The van der Waals surface area contributed by atoms with E-state index in [-0.39, 0.29) is 16.8 Å². The van der Waals surface area contributed by atoms with Crippen molar-refractivity contribution in [1.29, 1.82) is 0 Å². The van der Waals surface area contributed by atoms with Gasteiger partial charge in [0.25, 0.3) is 0 Å². The van der Waals surface area contributed by atoms with Gasteiger partial charge in [-0.25, -0.2) is 4.90 Å². The number of hydrogen-bond donors (Lipinski definition) is 0. The zero-order chi connectivity index (χ0) is 11.6. The minimum Gasteiger partial charge on any atom is -0.274 e. The molecule has 0 aliphatic carbocycles. The number of imide groups is 1. The summed E-state index contributed by atoms with van der Waals surface area (Å²) in [5.74, 6) is -0.765. The summed E-state index contributed by atoms with van der Waals surface area (Å²) >= 11 is 11.6. The molecule has 0 radical (unpaired) electrons. The molecule has 0 aliphatic heterocycles. The number of carbonyl (C=O) groups excluding carboxylic acids is 2. The molecule has 0 saturated carbocycles. The molecule has 0 aromatic heterocycles. The molecule has 1 aromatic carbocycles. The highest BCUT2D eigenvalue weighted by molar-refractivity contribution is 6.37. The van der Waals surface area contributed by atoms with Crippen LogP contribution in [0.25, 0.3) is 0 Å². The zero-order valence-electron chi connectivity index (χ0n) is 8.25. The van der Waals surface area contributed by atoms with Gasteiger partial charge in [0.15, 0.2) is 0 Å². The van der Waals surface area contributed by atoms with E-state index in [1.807, 2.05) is 0 Å². The molecule has 0 spiro atoms. The van der Waals surface area contributed by atoms with Crippen molar-refractivity contribution in [3.05, 3.63) is 28.2 Å². The maximum Gasteiger partial charge on any atom is 0.230 e. The molecule has 0 bridgehead atoms. The number of benzene rings is 1. The normalized spacial score (nSPS) is 9.87. The molecule has 1 rings (SSSR count). The number of amides is 2. The van der Waals surface area contributed by atoms with E-state index in [1.165, 1.54) is 26.0 Å². The predicted molar refractivity (Wildman–Crippen MR) is 60.3 cm³/mol. The van der Waals surface area contributed by atoms with E-state index in [0.717, 1.165) is 4.90 Å².